The van der Waals surface area contributed by atoms with Crippen LogP contribution >= 0.6 is 11.6 Å². The summed E-state index contributed by atoms with van der Waals surface area (Å²) in [5.41, 5.74) is 2.50. The lowest BCUT2D eigenvalue weighted by Gasteiger charge is -2.37. The Morgan fingerprint density at radius 2 is 2.17 bits per heavy atom. The Labute approximate surface area is 138 Å². The van der Waals surface area contributed by atoms with Gasteiger partial charge >= 0.3 is 0 Å². The van der Waals surface area contributed by atoms with Crippen LogP contribution in [0.5, 0.6) is 0 Å². The fourth-order valence-corrected chi connectivity index (χ4v) is 3.65. The minimum atomic E-state index is -0.335. The molecular formula is C16H16ClN5O. The molecule has 7 heteroatoms. The quantitative estimate of drug-likeness (QED) is 0.870. The lowest BCUT2D eigenvalue weighted by molar-refractivity contribution is -0.118. The number of hydrogen-bond donors (Lipinski definition) is 1. The second-order valence-corrected chi connectivity index (χ2v) is 7.30. The Kier molecular flexibility index (Phi) is 3.06. The summed E-state index contributed by atoms with van der Waals surface area (Å²) < 4.78 is 1.65. The molecule has 0 saturated carbocycles. The number of carbonyl (C=O) groups is 1. The fraction of sp³-hybridized carbons (Fsp3) is 0.375. The topological polar surface area (TPSA) is 72.7 Å². The molecule has 0 radical (unpaired) electrons. The Balaban J connectivity index is 1.91. The number of hydrogen-bond acceptors (Lipinski definition) is 5. The molecule has 4 rings (SSSR count). The Morgan fingerprint density at radius 3 is 2.96 bits per heavy atom. The highest BCUT2D eigenvalue weighted by atomic mass is 35.5. The van der Waals surface area contributed by atoms with Crippen LogP contribution in [0.1, 0.15) is 38.3 Å². The summed E-state index contributed by atoms with van der Waals surface area (Å²) >= 11 is 6.14. The average Bonchev–Trinajstić information content (AvgIpc) is 2.91. The van der Waals surface area contributed by atoms with Gasteiger partial charge in [-0.15, -0.1) is 0 Å². The highest BCUT2D eigenvalue weighted by molar-refractivity contribution is 6.30. The van der Waals surface area contributed by atoms with E-state index in [2.05, 4.69) is 34.7 Å². The van der Waals surface area contributed by atoms with Gasteiger partial charge in [0.2, 0.25) is 5.95 Å². The number of ketones is 1. The number of aromatic nitrogens is 4. The number of nitrogens with zero attached hydrogens (tertiary/aromatic N) is 4. The van der Waals surface area contributed by atoms with E-state index in [0.717, 1.165) is 23.3 Å². The predicted molar refractivity (Wildman–Crippen MR) is 86.1 cm³/mol. The number of tetrazole rings is 1. The molecule has 1 aliphatic carbocycles. The average molecular weight is 330 g/mol. The van der Waals surface area contributed by atoms with Crippen LogP contribution in [0.4, 0.5) is 5.95 Å². The maximum Gasteiger partial charge on any atom is 0.248 e. The van der Waals surface area contributed by atoms with Gasteiger partial charge in [0.25, 0.3) is 0 Å². The maximum atomic E-state index is 12.8. The molecule has 1 aromatic heterocycles. The maximum absolute atomic E-state index is 12.8. The van der Waals surface area contributed by atoms with Gasteiger partial charge in [-0.1, -0.05) is 42.7 Å². The number of allylic oxidation sites excluding steroid dienone is 2. The van der Waals surface area contributed by atoms with Crippen LogP contribution in [0.25, 0.3) is 0 Å². The highest BCUT2D eigenvalue weighted by Gasteiger charge is 2.41. The van der Waals surface area contributed by atoms with E-state index < -0.39 is 0 Å². The van der Waals surface area contributed by atoms with Crippen LogP contribution in [0, 0.1) is 5.41 Å². The van der Waals surface area contributed by atoms with Crippen molar-refractivity contribution in [1.82, 2.24) is 20.2 Å². The monoisotopic (exact) mass is 329 g/mol. The van der Waals surface area contributed by atoms with Gasteiger partial charge in [0.05, 0.1) is 0 Å². The first-order valence-electron chi connectivity index (χ1n) is 7.51. The van der Waals surface area contributed by atoms with Gasteiger partial charge in [-0.3, -0.25) is 4.79 Å². The molecule has 0 spiro atoms. The summed E-state index contributed by atoms with van der Waals surface area (Å²) in [4.78, 5) is 12.8. The zero-order chi connectivity index (χ0) is 16.2. The second-order valence-electron chi connectivity index (χ2n) is 6.86. The molecule has 1 unspecified atom stereocenters. The van der Waals surface area contributed by atoms with Crippen LogP contribution in [-0.2, 0) is 4.79 Å². The number of halogens is 1. The standard InChI is InChI=1S/C16H16ClN5O/c1-16(2)7-11-13(12(23)8-16)14(9-4-3-5-10(17)6-9)22-15(18-11)19-20-21-22/h3-6,14H,7-8H2,1-2H3,(H,18,19,21). The number of anilines is 1. The summed E-state index contributed by atoms with van der Waals surface area (Å²) in [6.45, 7) is 4.20. The van der Waals surface area contributed by atoms with Crippen LogP contribution in [0.3, 0.4) is 0 Å². The summed E-state index contributed by atoms with van der Waals surface area (Å²) in [5.74, 6) is 0.689. The number of fused-ring (bicyclic) bond motifs is 1. The third-order valence-electron chi connectivity index (χ3n) is 4.36. The van der Waals surface area contributed by atoms with Crippen molar-refractivity contribution in [2.24, 2.45) is 5.41 Å². The molecule has 2 aromatic rings. The zero-order valence-electron chi connectivity index (χ0n) is 12.9. The SMILES string of the molecule is CC1(C)CC(=O)C2=C(C1)Nc1nnnn1C2c1cccc(Cl)c1. The first-order chi connectivity index (χ1) is 10.9. The molecule has 2 aliphatic rings. The van der Waals surface area contributed by atoms with Crippen molar-refractivity contribution in [3.05, 3.63) is 46.1 Å². The molecule has 1 aromatic carbocycles. The molecule has 0 amide bonds. The van der Waals surface area contributed by atoms with Crippen molar-refractivity contribution in [3.8, 4) is 0 Å². The van der Waals surface area contributed by atoms with Gasteiger partial charge in [-0.2, -0.15) is 4.68 Å². The van der Waals surface area contributed by atoms with Crippen molar-refractivity contribution in [2.75, 3.05) is 5.32 Å². The first kappa shape index (κ1) is 14.4. The van der Waals surface area contributed by atoms with Gasteiger partial charge in [0.15, 0.2) is 5.78 Å². The van der Waals surface area contributed by atoms with Gasteiger partial charge in [0.1, 0.15) is 6.04 Å². The summed E-state index contributed by atoms with van der Waals surface area (Å²) in [7, 11) is 0. The molecule has 1 N–H and O–H groups in total. The molecule has 1 aliphatic heterocycles. The first-order valence-corrected chi connectivity index (χ1v) is 7.89. The summed E-state index contributed by atoms with van der Waals surface area (Å²) in [6, 6.07) is 7.17. The highest BCUT2D eigenvalue weighted by Crippen LogP contribution is 2.45. The van der Waals surface area contributed by atoms with Crippen molar-refractivity contribution in [3.63, 3.8) is 0 Å². The molecule has 0 fully saturated rings. The largest absolute Gasteiger partial charge is 0.326 e. The molecular weight excluding hydrogens is 314 g/mol. The third kappa shape index (κ3) is 2.34. The number of nitrogens with one attached hydrogen (secondary N) is 1. The molecule has 0 saturated heterocycles. The number of benzene rings is 1. The Morgan fingerprint density at radius 1 is 1.35 bits per heavy atom. The third-order valence-corrected chi connectivity index (χ3v) is 4.59. The summed E-state index contributed by atoms with van der Waals surface area (Å²) in [6.07, 6.45) is 1.31. The predicted octanol–water partition coefficient (Wildman–Crippen LogP) is 2.98. The zero-order valence-corrected chi connectivity index (χ0v) is 13.6. The number of carbonyl (C=O) groups excluding carboxylic acids is 1. The van der Waals surface area contributed by atoms with E-state index in [1.54, 1.807) is 4.68 Å². The van der Waals surface area contributed by atoms with Crippen molar-refractivity contribution >= 4 is 23.3 Å². The Hall–Kier alpha value is -2.21. The van der Waals surface area contributed by atoms with Crippen LogP contribution < -0.4 is 5.32 Å². The van der Waals surface area contributed by atoms with Gasteiger partial charge in [-0.25, -0.2) is 0 Å². The van der Waals surface area contributed by atoms with E-state index in [9.17, 15) is 4.79 Å². The van der Waals surface area contributed by atoms with E-state index in [1.807, 2.05) is 24.3 Å². The summed E-state index contributed by atoms with van der Waals surface area (Å²) in [5, 5.41) is 15.7. The van der Waals surface area contributed by atoms with Gasteiger partial charge in [-0.05, 0) is 40.0 Å². The van der Waals surface area contributed by atoms with E-state index in [4.69, 9.17) is 11.6 Å². The van der Waals surface area contributed by atoms with Gasteiger partial charge in [0, 0.05) is 22.7 Å². The molecule has 1 atom stereocenters. The number of rotatable bonds is 1. The molecule has 2 heterocycles. The van der Waals surface area contributed by atoms with Crippen LogP contribution in [0.2, 0.25) is 5.02 Å². The van der Waals surface area contributed by atoms with Gasteiger partial charge < -0.3 is 5.32 Å². The molecule has 6 nitrogen and oxygen atoms in total. The Bertz CT molecular complexity index is 839. The normalized spacial score (nSPS) is 22.4. The number of Topliss-reactive ketones (excluding diaryl/α,β-unsaturated/α-hetero) is 1. The molecule has 118 valence electrons. The van der Waals surface area contributed by atoms with Crippen molar-refractivity contribution in [2.45, 2.75) is 32.7 Å². The van der Waals surface area contributed by atoms with Crippen molar-refractivity contribution in [1.29, 1.82) is 0 Å². The lowest BCUT2D eigenvalue weighted by atomic mass is 9.73. The van der Waals surface area contributed by atoms with E-state index in [0.29, 0.717) is 17.4 Å². The van der Waals surface area contributed by atoms with E-state index in [1.165, 1.54) is 0 Å². The second kappa shape index (κ2) is 4.89. The van der Waals surface area contributed by atoms with Crippen molar-refractivity contribution < 1.29 is 4.79 Å². The molecule has 23 heavy (non-hydrogen) atoms. The van der Waals surface area contributed by atoms with E-state index >= 15 is 0 Å². The van der Waals surface area contributed by atoms with Crippen LogP contribution in [-0.4, -0.2) is 26.0 Å². The molecule has 0 bridgehead atoms. The minimum Gasteiger partial charge on any atom is -0.326 e. The van der Waals surface area contributed by atoms with Crippen LogP contribution in [0.15, 0.2) is 35.5 Å². The smallest absolute Gasteiger partial charge is 0.248 e. The fourth-order valence-electron chi connectivity index (χ4n) is 3.46. The lowest BCUT2D eigenvalue weighted by Crippen LogP contribution is -2.36. The minimum absolute atomic E-state index is 0.0720. The van der Waals surface area contributed by atoms with E-state index in [-0.39, 0.29) is 17.2 Å².